The second-order valence-electron chi connectivity index (χ2n) is 6.19. The topological polar surface area (TPSA) is 122 Å². The van der Waals surface area contributed by atoms with Crippen LogP contribution in [0.5, 0.6) is 17.2 Å². The van der Waals surface area contributed by atoms with Gasteiger partial charge in [-0.1, -0.05) is 11.8 Å². The van der Waals surface area contributed by atoms with Crippen molar-refractivity contribution in [2.75, 3.05) is 39.5 Å². The maximum absolute atomic E-state index is 12.2. The van der Waals surface area contributed by atoms with E-state index >= 15 is 0 Å². The predicted molar refractivity (Wildman–Crippen MR) is 117 cm³/mol. The monoisotopic (exact) mass is 459 g/mol. The van der Waals surface area contributed by atoms with Crippen molar-refractivity contribution in [3.05, 3.63) is 42.0 Å². The Labute approximate surface area is 188 Å². The molecule has 2 aromatic carbocycles. The van der Waals surface area contributed by atoms with Gasteiger partial charge in [0.25, 0.3) is 5.22 Å². The van der Waals surface area contributed by atoms with Crippen LogP contribution in [-0.2, 0) is 9.53 Å². The normalized spacial score (nSPS) is 10.4. The number of benzene rings is 2. The lowest BCUT2D eigenvalue weighted by molar-refractivity contribution is -0.113. The molecule has 1 aromatic heterocycles. The van der Waals surface area contributed by atoms with Crippen LogP contribution in [0, 0.1) is 0 Å². The minimum absolute atomic E-state index is 0.0512. The smallest absolute Gasteiger partial charge is 0.337 e. The van der Waals surface area contributed by atoms with Crippen LogP contribution in [0.2, 0.25) is 0 Å². The number of hydrogen-bond donors (Lipinski definition) is 1. The second kappa shape index (κ2) is 10.5. The van der Waals surface area contributed by atoms with Crippen molar-refractivity contribution in [3.8, 4) is 28.7 Å². The van der Waals surface area contributed by atoms with Gasteiger partial charge in [-0.15, -0.1) is 10.2 Å². The molecule has 1 amide bonds. The largest absolute Gasteiger partial charge is 0.493 e. The van der Waals surface area contributed by atoms with Gasteiger partial charge in [0.2, 0.25) is 17.5 Å². The van der Waals surface area contributed by atoms with Crippen molar-refractivity contribution in [1.29, 1.82) is 0 Å². The molecule has 3 aromatic rings. The molecule has 3 rings (SSSR count). The van der Waals surface area contributed by atoms with Gasteiger partial charge < -0.3 is 28.7 Å². The number of esters is 1. The molecule has 0 unspecified atom stereocenters. The van der Waals surface area contributed by atoms with E-state index in [0.29, 0.717) is 34.1 Å². The Hall–Kier alpha value is -3.73. The maximum Gasteiger partial charge on any atom is 0.337 e. The number of thioether (sulfide) groups is 1. The minimum atomic E-state index is -0.447. The highest BCUT2D eigenvalue weighted by Gasteiger charge is 2.18. The van der Waals surface area contributed by atoms with Crippen LogP contribution in [0.15, 0.2) is 46.0 Å². The van der Waals surface area contributed by atoms with Gasteiger partial charge in [0.15, 0.2) is 11.5 Å². The molecule has 10 nitrogen and oxygen atoms in total. The predicted octanol–water partition coefficient (Wildman–Crippen LogP) is 3.28. The lowest BCUT2D eigenvalue weighted by atomic mass is 10.2. The molecule has 0 atom stereocenters. The Morgan fingerprint density at radius 2 is 1.62 bits per heavy atom. The molecule has 0 saturated heterocycles. The fourth-order valence-electron chi connectivity index (χ4n) is 2.72. The molecule has 0 saturated carbocycles. The summed E-state index contributed by atoms with van der Waals surface area (Å²) in [6.07, 6.45) is 0. The summed E-state index contributed by atoms with van der Waals surface area (Å²) in [4.78, 5) is 23.7. The van der Waals surface area contributed by atoms with Crippen molar-refractivity contribution < 1.29 is 33.0 Å². The molecular weight excluding hydrogens is 438 g/mol. The van der Waals surface area contributed by atoms with E-state index in [1.807, 2.05) is 0 Å². The molecule has 0 fully saturated rings. The van der Waals surface area contributed by atoms with Crippen LogP contribution in [0.3, 0.4) is 0 Å². The number of amides is 1. The van der Waals surface area contributed by atoms with Crippen molar-refractivity contribution in [3.63, 3.8) is 0 Å². The van der Waals surface area contributed by atoms with Crippen LogP contribution in [0.25, 0.3) is 11.5 Å². The fourth-order valence-corrected chi connectivity index (χ4v) is 3.28. The van der Waals surface area contributed by atoms with E-state index in [2.05, 4.69) is 20.3 Å². The zero-order valence-corrected chi connectivity index (χ0v) is 18.6. The Morgan fingerprint density at radius 1 is 0.969 bits per heavy atom. The zero-order valence-electron chi connectivity index (χ0n) is 17.8. The van der Waals surface area contributed by atoms with Crippen molar-refractivity contribution in [2.45, 2.75) is 5.22 Å². The first-order valence-electron chi connectivity index (χ1n) is 9.24. The molecule has 168 valence electrons. The van der Waals surface area contributed by atoms with E-state index in [-0.39, 0.29) is 22.8 Å². The SMILES string of the molecule is COC(=O)c1ccc(NC(=O)CSc2nnc(-c3cc(OC)c(OC)c(OC)c3)o2)cc1. The number of ether oxygens (including phenoxy) is 4. The molecule has 1 N–H and O–H groups in total. The Kier molecular flexibility index (Phi) is 7.55. The van der Waals surface area contributed by atoms with E-state index in [9.17, 15) is 9.59 Å². The first kappa shape index (κ1) is 22.9. The fraction of sp³-hybridized carbons (Fsp3) is 0.238. The third kappa shape index (κ3) is 5.30. The molecule has 0 aliphatic heterocycles. The molecule has 0 aliphatic rings. The van der Waals surface area contributed by atoms with E-state index in [1.54, 1.807) is 36.4 Å². The number of nitrogens with zero attached hydrogens (tertiary/aromatic N) is 2. The molecule has 11 heteroatoms. The number of nitrogens with one attached hydrogen (secondary N) is 1. The second-order valence-corrected chi connectivity index (χ2v) is 7.12. The summed E-state index contributed by atoms with van der Waals surface area (Å²) in [6, 6.07) is 9.74. The van der Waals surface area contributed by atoms with E-state index in [1.165, 1.54) is 28.4 Å². The average Bonchev–Trinajstić information content (AvgIpc) is 3.30. The lowest BCUT2D eigenvalue weighted by Crippen LogP contribution is -2.14. The number of anilines is 1. The summed E-state index contributed by atoms with van der Waals surface area (Å²) in [5.41, 5.74) is 1.52. The van der Waals surface area contributed by atoms with E-state index in [4.69, 9.17) is 18.6 Å². The summed E-state index contributed by atoms with van der Waals surface area (Å²) in [7, 11) is 5.84. The summed E-state index contributed by atoms with van der Waals surface area (Å²) < 4.78 is 26.3. The summed E-state index contributed by atoms with van der Waals surface area (Å²) >= 11 is 1.09. The first-order valence-corrected chi connectivity index (χ1v) is 10.2. The van der Waals surface area contributed by atoms with Gasteiger partial charge in [0, 0.05) is 11.3 Å². The lowest BCUT2D eigenvalue weighted by Gasteiger charge is -2.12. The van der Waals surface area contributed by atoms with Crippen molar-refractivity contribution >= 4 is 29.3 Å². The number of methoxy groups -OCH3 is 4. The Balaban J connectivity index is 1.63. The van der Waals surface area contributed by atoms with Crippen molar-refractivity contribution in [2.24, 2.45) is 0 Å². The van der Waals surface area contributed by atoms with Crippen LogP contribution in [0.1, 0.15) is 10.4 Å². The highest BCUT2D eigenvalue weighted by molar-refractivity contribution is 7.99. The van der Waals surface area contributed by atoms with Gasteiger partial charge >= 0.3 is 5.97 Å². The zero-order chi connectivity index (χ0) is 23.1. The quantitative estimate of drug-likeness (QED) is 0.377. The molecule has 0 spiro atoms. The molecule has 0 aliphatic carbocycles. The van der Waals surface area contributed by atoms with Gasteiger partial charge in [0.05, 0.1) is 39.8 Å². The van der Waals surface area contributed by atoms with Gasteiger partial charge in [-0.2, -0.15) is 0 Å². The molecule has 1 heterocycles. The van der Waals surface area contributed by atoms with Gasteiger partial charge in [-0.3, -0.25) is 4.79 Å². The van der Waals surface area contributed by atoms with Crippen LogP contribution >= 0.6 is 11.8 Å². The average molecular weight is 459 g/mol. The Bertz CT molecular complexity index is 1070. The summed E-state index contributed by atoms with van der Waals surface area (Å²) in [5, 5.41) is 10.9. The standard InChI is InChI=1S/C21H21N3O7S/c1-27-15-9-13(10-16(28-2)18(15)29-3)19-23-24-21(31-19)32-11-17(25)22-14-7-5-12(6-8-14)20(26)30-4/h5-10H,11H2,1-4H3,(H,22,25). The van der Waals surface area contributed by atoms with Gasteiger partial charge in [0.1, 0.15) is 0 Å². The third-order valence-corrected chi connectivity index (χ3v) is 5.05. The number of hydrogen-bond acceptors (Lipinski definition) is 10. The maximum atomic E-state index is 12.2. The molecule has 0 radical (unpaired) electrons. The van der Waals surface area contributed by atoms with Crippen LogP contribution < -0.4 is 19.5 Å². The Morgan fingerprint density at radius 3 is 2.19 bits per heavy atom. The van der Waals surface area contributed by atoms with E-state index < -0.39 is 5.97 Å². The van der Waals surface area contributed by atoms with Gasteiger partial charge in [-0.05, 0) is 36.4 Å². The minimum Gasteiger partial charge on any atom is -0.493 e. The summed E-state index contributed by atoms with van der Waals surface area (Å²) in [5.74, 6) is 0.926. The van der Waals surface area contributed by atoms with Crippen molar-refractivity contribution in [1.82, 2.24) is 10.2 Å². The third-order valence-electron chi connectivity index (χ3n) is 4.23. The number of rotatable bonds is 9. The van der Waals surface area contributed by atoms with Crippen LogP contribution in [-0.4, -0.2) is 56.3 Å². The highest BCUT2D eigenvalue weighted by atomic mass is 32.2. The van der Waals surface area contributed by atoms with Gasteiger partial charge in [-0.25, -0.2) is 4.79 Å². The summed E-state index contributed by atoms with van der Waals surface area (Å²) in [6.45, 7) is 0. The first-order chi connectivity index (χ1) is 15.5. The molecule has 0 bridgehead atoms. The highest BCUT2D eigenvalue weighted by Crippen LogP contribution is 2.41. The molecular formula is C21H21N3O7S. The number of aromatic nitrogens is 2. The molecule has 32 heavy (non-hydrogen) atoms. The van der Waals surface area contributed by atoms with Crippen LogP contribution in [0.4, 0.5) is 5.69 Å². The van der Waals surface area contributed by atoms with E-state index in [0.717, 1.165) is 11.8 Å². The number of carbonyl (C=O) groups excluding carboxylic acids is 2. The number of carbonyl (C=O) groups is 2.